The molecule has 3 aromatic carbocycles. The average molecular weight is 403 g/mol. The van der Waals surface area contributed by atoms with E-state index in [9.17, 15) is 13.2 Å². The monoisotopic (exact) mass is 403 g/mol. The maximum absolute atomic E-state index is 12.2. The lowest BCUT2D eigenvalue weighted by Crippen LogP contribution is -2.20. The molecule has 0 bridgehead atoms. The second kappa shape index (κ2) is 9.29. The quantitative estimate of drug-likeness (QED) is 0.256. The van der Waals surface area contributed by atoms with Crippen molar-refractivity contribution in [3.63, 3.8) is 0 Å². The van der Waals surface area contributed by atoms with E-state index < -0.39 is 6.36 Å². The molecular formula is C21H20F3N3O2. The number of nitrogens with zero attached hydrogens (tertiary/aromatic N) is 1. The predicted molar refractivity (Wildman–Crippen MR) is 106 cm³/mol. The van der Waals surface area contributed by atoms with Gasteiger partial charge in [0.1, 0.15) is 18.1 Å². The number of hydrogen-bond acceptors (Lipinski definition) is 5. The molecule has 3 N–H and O–H groups in total. The fourth-order valence-corrected chi connectivity index (χ4v) is 2.89. The maximum atomic E-state index is 12.2. The van der Waals surface area contributed by atoms with Crippen LogP contribution in [0.5, 0.6) is 11.5 Å². The molecule has 29 heavy (non-hydrogen) atoms. The van der Waals surface area contributed by atoms with Crippen LogP contribution in [0, 0.1) is 0 Å². The van der Waals surface area contributed by atoms with E-state index in [1.807, 2.05) is 36.4 Å². The molecule has 0 amide bonds. The third kappa shape index (κ3) is 5.86. The predicted octanol–water partition coefficient (Wildman–Crippen LogP) is 4.20. The Morgan fingerprint density at radius 3 is 2.38 bits per heavy atom. The molecule has 0 aliphatic carbocycles. The number of nitrogens with one attached hydrogen (secondary N) is 1. The molecule has 0 saturated heterocycles. The fourth-order valence-electron chi connectivity index (χ4n) is 2.89. The minimum atomic E-state index is -4.68. The number of hydrogen-bond donors (Lipinski definition) is 2. The third-order valence-electron chi connectivity index (χ3n) is 4.15. The standard InChI is InChI=1S/C21H20F3N3O2/c22-21(23,24)29-17-8-5-15(6-9-17)13-26-11-12-28-20-10-7-16(14-27-25)18-3-1-2-4-19(18)20/h1-10,14,26H,11-13,25H2. The van der Waals surface area contributed by atoms with Crippen molar-refractivity contribution in [1.82, 2.24) is 5.32 Å². The van der Waals surface area contributed by atoms with Crippen molar-refractivity contribution in [3.05, 3.63) is 71.8 Å². The van der Waals surface area contributed by atoms with E-state index in [0.717, 1.165) is 27.6 Å². The van der Waals surface area contributed by atoms with Crippen molar-refractivity contribution >= 4 is 17.0 Å². The van der Waals surface area contributed by atoms with E-state index >= 15 is 0 Å². The Balaban J connectivity index is 1.50. The van der Waals surface area contributed by atoms with Crippen molar-refractivity contribution in [1.29, 1.82) is 0 Å². The Bertz CT molecular complexity index is 973. The number of fused-ring (bicyclic) bond motifs is 1. The first kappa shape index (κ1) is 20.5. The maximum Gasteiger partial charge on any atom is 0.573 e. The van der Waals surface area contributed by atoms with Crippen LogP contribution < -0.4 is 20.6 Å². The Labute approximate surface area is 165 Å². The van der Waals surface area contributed by atoms with Crippen molar-refractivity contribution < 1.29 is 22.6 Å². The topological polar surface area (TPSA) is 68.9 Å². The molecule has 5 nitrogen and oxygen atoms in total. The van der Waals surface area contributed by atoms with Gasteiger partial charge in [0, 0.05) is 24.0 Å². The first-order valence-electron chi connectivity index (χ1n) is 8.89. The van der Waals surface area contributed by atoms with Gasteiger partial charge in [0.15, 0.2) is 0 Å². The van der Waals surface area contributed by atoms with Crippen LogP contribution in [0.25, 0.3) is 10.8 Å². The molecule has 8 heteroatoms. The molecule has 3 rings (SSSR count). The summed E-state index contributed by atoms with van der Waals surface area (Å²) in [6, 6.07) is 17.3. The minimum Gasteiger partial charge on any atom is -0.492 e. The summed E-state index contributed by atoms with van der Waals surface area (Å²) in [6.07, 6.45) is -3.09. The van der Waals surface area contributed by atoms with E-state index in [4.69, 9.17) is 10.6 Å². The highest BCUT2D eigenvalue weighted by Gasteiger charge is 2.30. The molecule has 152 valence electrons. The summed E-state index contributed by atoms with van der Waals surface area (Å²) in [5, 5.41) is 8.74. The third-order valence-corrected chi connectivity index (χ3v) is 4.15. The molecule has 0 aliphatic heterocycles. The highest BCUT2D eigenvalue weighted by molar-refractivity contribution is 6.02. The molecule has 3 aromatic rings. The zero-order valence-corrected chi connectivity index (χ0v) is 15.4. The van der Waals surface area contributed by atoms with Crippen LogP contribution in [0.4, 0.5) is 13.2 Å². The Kier molecular flexibility index (Phi) is 6.56. The zero-order chi connectivity index (χ0) is 20.7. The SMILES string of the molecule is NN=Cc1ccc(OCCNCc2ccc(OC(F)(F)F)cc2)c2ccccc12. The first-order chi connectivity index (χ1) is 14.0. The number of nitrogens with two attached hydrogens (primary N) is 1. The first-order valence-corrected chi connectivity index (χ1v) is 8.89. The van der Waals surface area contributed by atoms with Crippen LogP contribution in [-0.2, 0) is 6.54 Å². The largest absolute Gasteiger partial charge is 0.573 e. The van der Waals surface area contributed by atoms with Gasteiger partial charge < -0.3 is 20.6 Å². The Morgan fingerprint density at radius 2 is 1.69 bits per heavy atom. The molecule has 0 saturated carbocycles. The zero-order valence-electron chi connectivity index (χ0n) is 15.4. The molecule has 0 unspecified atom stereocenters. The molecule has 0 aliphatic rings. The van der Waals surface area contributed by atoms with E-state index in [1.165, 1.54) is 12.1 Å². The van der Waals surface area contributed by atoms with E-state index in [1.54, 1.807) is 18.3 Å². The Hall–Kier alpha value is -3.26. The second-order valence-corrected chi connectivity index (χ2v) is 6.19. The average Bonchev–Trinajstić information content (AvgIpc) is 2.69. The number of hydrazone groups is 1. The number of benzene rings is 3. The van der Waals surface area contributed by atoms with Crippen molar-refractivity contribution in [2.24, 2.45) is 10.9 Å². The lowest BCUT2D eigenvalue weighted by atomic mass is 10.0. The van der Waals surface area contributed by atoms with Gasteiger partial charge in [-0.05, 0) is 35.2 Å². The summed E-state index contributed by atoms with van der Waals surface area (Å²) >= 11 is 0. The molecule has 0 fully saturated rings. The van der Waals surface area contributed by atoms with Crippen LogP contribution in [0.2, 0.25) is 0 Å². The normalized spacial score (nSPS) is 11.8. The summed E-state index contributed by atoms with van der Waals surface area (Å²) in [4.78, 5) is 0. The summed E-state index contributed by atoms with van der Waals surface area (Å²) in [7, 11) is 0. The number of halogens is 3. The van der Waals surface area contributed by atoms with Gasteiger partial charge in [0.05, 0.1) is 6.21 Å². The molecule has 0 radical (unpaired) electrons. The number of rotatable bonds is 8. The highest BCUT2D eigenvalue weighted by atomic mass is 19.4. The van der Waals surface area contributed by atoms with Crippen LogP contribution in [0.1, 0.15) is 11.1 Å². The second-order valence-electron chi connectivity index (χ2n) is 6.19. The summed E-state index contributed by atoms with van der Waals surface area (Å²) in [5.74, 6) is 5.78. The molecule has 0 atom stereocenters. The van der Waals surface area contributed by atoms with E-state index in [-0.39, 0.29) is 5.75 Å². The number of alkyl halides is 3. The van der Waals surface area contributed by atoms with Gasteiger partial charge in [0.25, 0.3) is 0 Å². The smallest absolute Gasteiger partial charge is 0.492 e. The lowest BCUT2D eigenvalue weighted by molar-refractivity contribution is -0.274. The van der Waals surface area contributed by atoms with Crippen LogP contribution in [-0.4, -0.2) is 25.7 Å². The minimum absolute atomic E-state index is 0.236. The Morgan fingerprint density at radius 1 is 0.966 bits per heavy atom. The molecular weight excluding hydrogens is 383 g/mol. The van der Waals surface area contributed by atoms with Gasteiger partial charge in [-0.1, -0.05) is 36.4 Å². The lowest BCUT2D eigenvalue weighted by Gasteiger charge is -2.12. The number of ether oxygens (including phenoxy) is 2. The van der Waals surface area contributed by atoms with Gasteiger partial charge in [-0.25, -0.2) is 0 Å². The van der Waals surface area contributed by atoms with Gasteiger partial charge in [0.2, 0.25) is 0 Å². The van der Waals surface area contributed by atoms with Crippen LogP contribution in [0.3, 0.4) is 0 Å². The van der Waals surface area contributed by atoms with Crippen molar-refractivity contribution in [2.45, 2.75) is 12.9 Å². The van der Waals surface area contributed by atoms with E-state index in [0.29, 0.717) is 19.7 Å². The van der Waals surface area contributed by atoms with Crippen molar-refractivity contribution in [2.75, 3.05) is 13.2 Å². The van der Waals surface area contributed by atoms with Gasteiger partial charge >= 0.3 is 6.36 Å². The van der Waals surface area contributed by atoms with E-state index in [2.05, 4.69) is 15.2 Å². The summed E-state index contributed by atoms with van der Waals surface area (Å²) < 4.78 is 46.2. The van der Waals surface area contributed by atoms with Crippen molar-refractivity contribution in [3.8, 4) is 11.5 Å². The summed E-state index contributed by atoms with van der Waals surface area (Å²) in [5.41, 5.74) is 1.75. The fraction of sp³-hybridized carbons (Fsp3) is 0.190. The molecule has 0 heterocycles. The van der Waals surface area contributed by atoms with Gasteiger partial charge in [-0.2, -0.15) is 5.10 Å². The van der Waals surface area contributed by atoms with Gasteiger partial charge in [-0.15, -0.1) is 13.2 Å². The van der Waals surface area contributed by atoms with Crippen LogP contribution in [0.15, 0.2) is 65.8 Å². The molecule has 0 aromatic heterocycles. The van der Waals surface area contributed by atoms with Crippen LogP contribution >= 0.6 is 0 Å². The van der Waals surface area contributed by atoms with Gasteiger partial charge in [-0.3, -0.25) is 0 Å². The highest BCUT2D eigenvalue weighted by Crippen LogP contribution is 2.28. The summed E-state index contributed by atoms with van der Waals surface area (Å²) in [6.45, 7) is 1.51. The molecule has 0 spiro atoms.